The van der Waals surface area contributed by atoms with E-state index in [9.17, 15) is 18.0 Å². The van der Waals surface area contributed by atoms with E-state index in [-0.39, 0.29) is 23.8 Å². The molecule has 2 heterocycles. The van der Waals surface area contributed by atoms with Crippen LogP contribution in [0.1, 0.15) is 31.2 Å². The molecule has 1 unspecified atom stereocenters. The SMILES string of the molecule is COC(=O)C1CN(C(=O)CCc2ccc(S(=O)(=O)N3CCCCC3)cc2)c2ccccc2O1. The third kappa shape index (κ3) is 5.04. The molecule has 0 aromatic heterocycles. The van der Waals surface area contributed by atoms with Crippen LogP contribution in [-0.4, -0.2) is 57.4 Å². The summed E-state index contributed by atoms with van der Waals surface area (Å²) < 4.78 is 37.7. The van der Waals surface area contributed by atoms with Crippen molar-refractivity contribution in [2.75, 3.05) is 31.6 Å². The number of ether oxygens (including phenoxy) is 2. The molecule has 176 valence electrons. The number of fused-ring (bicyclic) bond motifs is 1. The number of para-hydroxylation sites is 2. The van der Waals surface area contributed by atoms with Gasteiger partial charge in [0.15, 0.2) is 0 Å². The first-order valence-electron chi connectivity index (χ1n) is 11.1. The number of carbonyl (C=O) groups excluding carboxylic acids is 2. The van der Waals surface area contributed by atoms with E-state index in [1.807, 2.05) is 6.07 Å². The van der Waals surface area contributed by atoms with Gasteiger partial charge in [-0.05, 0) is 49.1 Å². The Morgan fingerprint density at radius 2 is 1.73 bits per heavy atom. The number of sulfonamides is 1. The zero-order valence-electron chi connectivity index (χ0n) is 18.6. The van der Waals surface area contributed by atoms with Crippen molar-refractivity contribution < 1.29 is 27.5 Å². The number of hydrogen-bond donors (Lipinski definition) is 0. The Balaban J connectivity index is 1.42. The first-order valence-corrected chi connectivity index (χ1v) is 12.6. The molecule has 0 N–H and O–H groups in total. The van der Waals surface area contributed by atoms with Crippen LogP contribution in [0.25, 0.3) is 0 Å². The smallest absolute Gasteiger partial charge is 0.348 e. The van der Waals surface area contributed by atoms with Gasteiger partial charge in [-0.25, -0.2) is 13.2 Å². The molecule has 1 amide bonds. The molecule has 1 atom stereocenters. The molecular formula is C24H28N2O6S. The molecule has 1 fully saturated rings. The number of carbonyl (C=O) groups is 2. The maximum Gasteiger partial charge on any atom is 0.348 e. The largest absolute Gasteiger partial charge is 0.475 e. The number of nitrogens with zero attached hydrogens (tertiary/aromatic N) is 2. The highest BCUT2D eigenvalue weighted by Crippen LogP contribution is 2.34. The lowest BCUT2D eigenvalue weighted by Gasteiger charge is -2.33. The summed E-state index contributed by atoms with van der Waals surface area (Å²) in [7, 11) is -2.19. The van der Waals surface area contributed by atoms with Crippen molar-refractivity contribution in [2.24, 2.45) is 0 Å². The van der Waals surface area contributed by atoms with Gasteiger partial charge in [0.2, 0.25) is 22.0 Å². The maximum atomic E-state index is 13.0. The molecule has 0 bridgehead atoms. The van der Waals surface area contributed by atoms with Gasteiger partial charge in [-0.2, -0.15) is 4.31 Å². The van der Waals surface area contributed by atoms with Crippen molar-refractivity contribution in [3.8, 4) is 5.75 Å². The van der Waals surface area contributed by atoms with Gasteiger partial charge in [0.1, 0.15) is 5.75 Å². The lowest BCUT2D eigenvalue weighted by molar-refractivity contribution is -0.148. The molecule has 8 nitrogen and oxygen atoms in total. The molecule has 33 heavy (non-hydrogen) atoms. The van der Waals surface area contributed by atoms with Crippen LogP contribution in [0.15, 0.2) is 53.4 Å². The summed E-state index contributed by atoms with van der Waals surface area (Å²) in [5, 5.41) is 0. The van der Waals surface area contributed by atoms with Gasteiger partial charge in [0.25, 0.3) is 0 Å². The van der Waals surface area contributed by atoms with Gasteiger partial charge >= 0.3 is 5.97 Å². The average molecular weight is 473 g/mol. The highest BCUT2D eigenvalue weighted by atomic mass is 32.2. The van der Waals surface area contributed by atoms with Crippen LogP contribution in [0.5, 0.6) is 5.75 Å². The zero-order valence-corrected chi connectivity index (χ0v) is 19.4. The lowest BCUT2D eigenvalue weighted by atomic mass is 10.1. The Labute approximate surface area is 194 Å². The van der Waals surface area contributed by atoms with Gasteiger partial charge in [-0.3, -0.25) is 4.79 Å². The monoisotopic (exact) mass is 472 g/mol. The Morgan fingerprint density at radius 1 is 1.03 bits per heavy atom. The molecule has 0 aliphatic carbocycles. The van der Waals surface area contributed by atoms with E-state index in [2.05, 4.69) is 0 Å². The van der Waals surface area contributed by atoms with Crippen LogP contribution < -0.4 is 9.64 Å². The Bertz CT molecular complexity index is 1110. The molecule has 1 saturated heterocycles. The Kier molecular flexibility index (Phi) is 6.99. The quantitative estimate of drug-likeness (QED) is 0.601. The summed E-state index contributed by atoms with van der Waals surface area (Å²) in [5.41, 5.74) is 1.48. The van der Waals surface area contributed by atoms with Gasteiger partial charge in [-0.1, -0.05) is 30.7 Å². The van der Waals surface area contributed by atoms with Crippen molar-refractivity contribution in [3.63, 3.8) is 0 Å². The molecule has 2 aromatic carbocycles. The van der Waals surface area contributed by atoms with E-state index >= 15 is 0 Å². The fourth-order valence-corrected chi connectivity index (χ4v) is 5.71. The van der Waals surface area contributed by atoms with Gasteiger partial charge in [-0.15, -0.1) is 0 Å². The number of benzene rings is 2. The van der Waals surface area contributed by atoms with Crippen molar-refractivity contribution in [1.29, 1.82) is 0 Å². The van der Waals surface area contributed by atoms with E-state index in [1.165, 1.54) is 7.11 Å². The van der Waals surface area contributed by atoms with Crippen molar-refractivity contribution in [3.05, 3.63) is 54.1 Å². The van der Waals surface area contributed by atoms with Crippen LogP contribution in [0.4, 0.5) is 5.69 Å². The fourth-order valence-electron chi connectivity index (χ4n) is 4.19. The molecule has 2 aliphatic rings. The molecule has 0 saturated carbocycles. The summed E-state index contributed by atoms with van der Waals surface area (Å²) >= 11 is 0. The second-order valence-electron chi connectivity index (χ2n) is 8.21. The number of esters is 1. The second kappa shape index (κ2) is 9.93. The normalized spacial score (nSPS) is 18.8. The molecule has 4 rings (SSSR count). The summed E-state index contributed by atoms with van der Waals surface area (Å²) in [6.07, 6.45) is 2.62. The Hall–Kier alpha value is -2.91. The van der Waals surface area contributed by atoms with E-state index in [1.54, 1.807) is 51.7 Å². The third-order valence-electron chi connectivity index (χ3n) is 6.04. The topological polar surface area (TPSA) is 93.2 Å². The predicted octanol–water partition coefficient (Wildman–Crippen LogP) is 2.76. The number of aryl methyl sites for hydroxylation is 1. The summed E-state index contributed by atoms with van der Waals surface area (Å²) in [6.45, 7) is 1.20. The molecular weight excluding hydrogens is 444 g/mol. The van der Waals surface area contributed by atoms with Crippen molar-refractivity contribution in [2.45, 2.75) is 43.1 Å². The minimum Gasteiger partial charge on any atom is -0.475 e. The molecule has 0 spiro atoms. The third-order valence-corrected chi connectivity index (χ3v) is 7.96. The number of rotatable bonds is 6. The van der Waals surface area contributed by atoms with Crippen LogP contribution in [0.3, 0.4) is 0 Å². The predicted molar refractivity (Wildman–Crippen MR) is 123 cm³/mol. The number of anilines is 1. The van der Waals surface area contributed by atoms with Crippen molar-refractivity contribution in [1.82, 2.24) is 4.31 Å². The summed E-state index contributed by atoms with van der Waals surface area (Å²) in [5.74, 6) is -0.225. The highest BCUT2D eigenvalue weighted by Gasteiger charge is 2.34. The second-order valence-corrected chi connectivity index (χ2v) is 10.1. The van der Waals surface area contributed by atoms with Gasteiger partial charge in [0, 0.05) is 19.5 Å². The summed E-state index contributed by atoms with van der Waals surface area (Å²) in [4.78, 5) is 26.9. The molecule has 0 radical (unpaired) electrons. The number of piperidine rings is 1. The van der Waals surface area contributed by atoms with Crippen molar-refractivity contribution >= 4 is 27.6 Å². The molecule has 2 aromatic rings. The summed E-state index contributed by atoms with van der Waals surface area (Å²) in [6, 6.07) is 13.8. The van der Waals surface area contributed by atoms with Gasteiger partial charge in [0.05, 0.1) is 24.2 Å². The molecule has 2 aliphatic heterocycles. The molecule has 9 heteroatoms. The number of amides is 1. The lowest BCUT2D eigenvalue weighted by Crippen LogP contribution is -2.47. The van der Waals surface area contributed by atoms with E-state index in [0.717, 1.165) is 24.8 Å². The van der Waals surface area contributed by atoms with Crippen LogP contribution in [0, 0.1) is 0 Å². The minimum absolute atomic E-state index is 0.0789. The Morgan fingerprint density at radius 3 is 2.42 bits per heavy atom. The van der Waals surface area contributed by atoms with Crippen LogP contribution in [0.2, 0.25) is 0 Å². The fraction of sp³-hybridized carbons (Fsp3) is 0.417. The van der Waals surface area contributed by atoms with E-state index in [0.29, 0.717) is 30.9 Å². The minimum atomic E-state index is -3.48. The number of methoxy groups -OCH3 is 1. The highest BCUT2D eigenvalue weighted by molar-refractivity contribution is 7.89. The zero-order chi connectivity index (χ0) is 23.4. The van der Waals surface area contributed by atoms with Crippen LogP contribution >= 0.6 is 0 Å². The van der Waals surface area contributed by atoms with E-state index < -0.39 is 22.1 Å². The van der Waals surface area contributed by atoms with Crippen LogP contribution in [-0.2, 0) is 30.8 Å². The first kappa shape index (κ1) is 23.3. The van der Waals surface area contributed by atoms with E-state index in [4.69, 9.17) is 9.47 Å². The average Bonchev–Trinajstić information content (AvgIpc) is 2.86. The number of hydrogen-bond acceptors (Lipinski definition) is 6. The van der Waals surface area contributed by atoms with Gasteiger partial charge < -0.3 is 14.4 Å². The standard InChI is InChI=1S/C24H28N2O6S/c1-31-24(28)22-17-26(20-7-3-4-8-21(20)32-22)23(27)14-11-18-9-12-19(13-10-18)33(29,30)25-15-5-2-6-16-25/h3-4,7-10,12-13,22H,2,5-6,11,14-17H2,1H3. The maximum absolute atomic E-state index is 13.0. The first-order chi connectivity index (χ1) is 15.9.